The van der Waals surface area contributed by atoms with Gasteiger partial charge in [-0.1, -0.05) is 5.16 Å². The van der Waals surface area contributed by atoms with Gasteiger partial charge >= 0.3 is 0 Å². The molecule has 0 saturated heterocycles. The number of rotatable bonds is 4. The SMILES string of the molecule is CC(CC(N)=NO)N(C)C(=O)c1cc2c(s1)CCSC2. The summed E-state index contributed by atoms with van der Waals surface area (Å²) in [4.78, 5) is 16.2. The molecule has 110 valence electrons. The van der Waals surface area contributed by atoms with Crippen molar-refractivity contribution >= 4 is 34.8 Å². The summed E-state index contributed by atoms with van der Waals surface area (Å²) in [5, 5.41) is 11.5. The third-order valence-electron chi connectivity index (χ3n) is 3.45. The van der Waals surface area contributed by atoms with Gasteiger partial charge in [0.25, 0.3) is 5.91 Å². The lowest BCUT2D eigenvalue weighted by Crippen LogP contribution is -2.37. The summed E-state index contributed by atoms with van der Waals surface area (Å²) in [7, 11) is 1.76. The van der Waals surface area contributed by atoms with Crippen LogP contribution in [-0.2, 0) is 12.2 Å². The van der Waals surface area contributed by atoms with E-state index in [1.807, 2.05) is 24.8 Å². The lowest BCUT2D eigenvalue weighted by Gasteiger charge is -2.23. The van der Waals surface area contributed by atoms with Crippen LogP contribution < -0.4 is 5.73 Å². The maximum Gasteiger partial charge on any atom is 0.263 e. The van der Waals surface area contributed by atoms with Crippen molar-refractivity contribution in [3.63, 3.8) is 0 Å². The molecule has 0 radical (unpaired) electrons. The maximum atomic E-state index is 12.5. The van der Waals surface area contributed by atoms with E-state index in [1.165, 1.54) is 10.4 Å². The summed E-state index contributed by atoms with van der Waals surface area (Å²) in [6, 6.07) is 1.91. The molecule has 0 aromatic carbocycles. The van der Waals surface area contributed by atoms with E-state index in [-0.39, 0.29) is 17.8 Å². The Bertz CT molecular complexity index is 504. The minimum Gasteiger partial charge on any atom is -0.409 e. The van der Waals surface area contributed by atoms with Crippen molar-refractivity contribution in [2.24, 2.45) is 10.9 Å². The summed E-state index contributed by atoms with van der Waals surface area (Å²) in [5.74, 6) is 2.28. The molecular weight excluding hydrogens is 294 g/mol. The zero-order valence-corrected chi connectivity index (χ0v) is 13.3. The number of aryl methyl sites for hydroxylation is 1. The van der Waals surface area contributed by atoms with Crippen LogP contribution >= 0.6 is 23.1 Å². The van der Waals surface area contributed by atoms with Gasteiger partial charge in [0, 0.05) is 30.1 Å². The molecule has 1 unspecified atom stereocenters. The van der Waals surface area contributed by atoms with E-state index >= 15 is 0 Å². The third kappa shape index (κ3) is 3.27. The van der Waals surface area contributed by atoms with Gasteiger partial charge in [-0.2, -0.15) is 11.8 Å². The van der Waals surface area contributed by atoms with E-state index in [0.717, 1.165) is 22.8 Å². The molecule has 1 atom stereocenters. The lowest BCUT2D eigenvalue weighted by molar-refractivity contribution is 0.0752. The number of nitrogens with two attached hydrogens (primary N) is 1. The van der Waals surface area contributed by atoms with Crippen LogP contribution in [0.15, 0.2) is 11.2 Å². The van der Waals surface area contributed by atoms with Gasteiger partial charge in [-0.05, 0) is 30.7 Å². The molecule has 0 spiro atoms. The number of hydrogen-bond acceptors (Lipinski definition) is 5. The molecule has 1 aromatic heterocycles. The zero-order chi connectivity index (χ0) is 14.7. The minimum absolute atomic E-state index is 0.00707. The highest BCUT2D eigenvalue weighted by Crippen LogP contribution is 2.32. The average Bonchev–Trinajstić information content (AvgIpc) is 2.89. The molecule has 3 N–H and O–H groups in total. The van der Waals surface area contributed by atoms with Crippen LogP contribution in [0.2, 0.25) is 0 Å². The zero-order valence-electron chi connectivity index (χ0n) is 11.6. The number of carbonyl (C=O) groups is 1. The Balaban J connectivity index is 2.08. The van der Waals surface area contributed by atoms with Gasteiger partial charge in [-0.3, -0.25) is 4.79 Å². The van der Waals surface area contributed by atoms with Crippen molar-refractivity contribution in [3.05, 3.63) is 21.4 Å². The molecule has 2 rings (SSSR count). The average molecular weight is 313 g/mol. The van der Waals surface area contributed by atoms with E-state index in [4.69, 9.17) is 10.9 Å². The highest BCUT2D eigenvalue weighted by Gasteiger charge is 2.23. The number of fused-ring (bicyclic) bond motifs is 1. The lowest BCUT2D eigenvalue weighted by atomic mass is 10.2. The second-order valence-corrected chi connectivity index (χ2v) is 7.16. The van der Waals surface area contributed by atoms with Crippen molar-refractivity contribution in [1.82, 2.24) is 4.90 Å². The fraction of sp³-hybridized carbons (Fsp3) is 0.538. The van der Waals surface area contributed by atoms with E-state index in [9.17, 15) is 4.79 Å². The molecule has 20 heavy (non-hydrogen) atoms. The standard InChI is InChI=1S/C13H19N3O2S2/c1-8(5-12(14)15-18)16(2)13(17)11-6-9-7-19-4-3-10(9)20-11/h6,8,18H,3-5,7H2,1-2H3,(H2,14,15). The molecule has 7 heteroatoms. The van der Waals surface area contributed by atoms with Gasteiger partial charge < -0.3 is 15.8 Å². The summed E-state index contributed by atoms with van der Waals surface area (Å²) < 4.78 is 0. The quantitative estimate of drug-likeness (QED) is 0.386. The molecule has 1 aromatic rings. The van der Waals surface area contributed by atoms with E-state index < -0.39 is 0 Å². The van der Waals surface area contributed by atoms with Gasteiger partial charge in [-0.25, -0.2) is 0 Å². The predicted octanol–water partition coefficient (Wildman–Crippen LogP) is 2.13. The van der Waals surface area contributed by atoms with Crippen LogP contribution in [-0.4, -0.2) is 40.7 Å². The topological polar surface area (TPSA) is 78.9 Å². The predicted molar refractivity (Wildman–Crippen MR) is 83.8 cm³/mol. The highest BCUT2D eigenvalue weighted by atomic mass is 32.2. The Hall–Kier alpha value is -1.21. The largest absolute Gasteiger partial charge is 0.409 e. The van der Waals surface area contributed by atoms with E-state index in [2.05, 4.69) is 5.16 Å². The summed E-state index contributed by atoms with van der Waals surface area (Å²) >= 11 is 3.51. The van der Waals surface area contributed by atoms with Crippen LogP contribution in [0.25, 0.3) is 0 Å². The summed E-state index contributed by atoms with van der Waals surface area (Å²) in [5.41, 5.74) is 6.79. The first-order chi connectivity index (χ1) is 9.52. The molecule has 1 aliphatic rings. The van der Waals surface area contributed by atoms with Crippen LogP contribution in [0.5, 0.6) is 0 Å². The van der Waals surface area contributed by atoms with Crippen molar-refractivity contribution in [2.45, 2.75) is 31.6 Å². The second-order valence-electron chi connectivity index (χ2n) is 4.92. The fourth-order valence-electron chi connectivity index (χ4n) is 2.11. The first kappa shape index (κ1) is 15.2. The number of amidine groups is 1. The van der Waals surface area contributed by atoms with Gasteiger partial charge in [-0.15, -0.1) is 11.3 Å². The Morgan fingerprint density at radius 1 is 1.65 bits per heavy atom. The minimum atomic E-state index is -0.105. The Morgan fingerprint density at radius 2 is 2.40 bits per heavy atom. The van der Waals surface area contributed by atoms with Crippen molar-refractivity contribution in [1.29, 1.82) is 0 Å². The van der Waals surface area contributed by atoms with E-state index in [0.29, 0.717) is 6.42 Å². The Labute approximate surface area is 126 Å². The van der Waals surface area contributed by atoms with Crippen LogP contribution in [0.4, 0.5) is 0 Å². The van der Waals surface area contributed by atoms with Crippen molar-refractivity contribution in [3.8, 4) is 0 Å². The Morgan fingerprint density at radius 3 is 3.05 bits per heavy atom. The molecule has 2 heterocycles. The smallest absolute Gasteiger partial charge is 0.263 e. The van der Waals surface area contributed by atoms with Crippen LogP contribution in [0.3, 0.4) is 0 Å². The van der Waals surface area contributed by atoms with E-state index in [1.54, 1.807) is 23.3 Å². The molecule has 5 nitrogen and oxygen atoms in total. The highest BCUT2D eigenvalue weighted by molar-refractivity contribution is 7.98. The molecule has 0 aliphatic carbocycles. The normalized spacial score (nSPS) is 16.6. The fourth-order valence-corrected chi connectivity index (χ4v) is 4.46. The number of hydrogen-bond donors (Lipinski definition) is 2. The third-order valence-corrected chi connectivity index (χ3v) is 5.69. The number of thioether (sulfide) groups is 1. The second kappa shape index (κ2) is 6.49. The number of nitrogens with zero attached hydrogens (tertiary/aromatic N) is 2. The number of thiophene rings is 1. The van der Waals surface area contributed by atoms with Gasteiger partial charge in [0.05, 0.1) is 4.88 Å². The molecule has 0 saturated carbocycles. The molecule has 0 fully saturated rings. The van der Waals surface area contributed by atoms with Gasteiger partial charge in [0.2, 0.25) is 0 Å². The first-order valence-electron chi connectivity index (χ1n) is 6.45. The first-order valence-corrected chi connectivity index (χ1v) is 8.43. The monoisotopic (exact) mass is 313 g/mol. The van der Waals surface area contributed by atoms with Crippen LogP contribution in [0.1, 0.15) is 33.5 Å². The van der Waals surface area contributed by atoms with Crippen LogP contribution in [0, 0.1) is 0 Å². The molecule has 1 amide bonds. The van der Waals surface area contributed by atoms with Gasteiger partial charge in [0.15, 0.2) is 0 Å². The number of oxime groups is 1. The molecule has 0 bridgehead atoms. The Kier molecular flexibility index (Phi) is 4.93. The number of amides is 1. The molecular formula is C13H19N3O2S2. The molecule has 1 aliphatic heterocycles. The van der Waals surface area contributed by atoms with Crippen molar-refractivity contribution < 1.29 is 10.0 Å². The van der Waals surface area contributed by atoms with Crippen molar-refractivity contribution in [2.75, 3.05) is 12.8 Å². The summed E-state index contributed by atoms with van der Waals surface area (Å²) in [6.07, 6.45) is 1.42. The summed E-state index contributed by atoms with van der Waals surface area (Å²) in [6.45, 7) is 1.89. The maximum absolute atomic E-state index is 12.5. The number of carbonyl (C=O) groups excluding carboxylic acids is 1. The van der Waals surface area contributed by atoms with Gasteiger partial charge in [0.1, 0.15) is 5.84 Å².